The monoisotopic (exact) mass is 299 g/mol. The average Bonchev–Trinajstić information content (AvgIpc) is 2.32. The summed E-state index contributed by atoms with van der Waals surface area (Å²) in [6.07, 6.45) is 2.11. The van der Waals surface area contributed by atoms with E-state index in [1.54, 1.807) is 6.07 Å². The zero-order valence-electron chi connectivity index (χ0n) is 13.0. The summed E-state index contributed by atoms with van der Waals surface area (Å²) in [5.74, 6) is 1.55. The van der Waals surface area contributed by atoms with Crippen molar-refractivity contribution in [2.75, 3.05) is 13.1 Å². The molecular formula is C17H27ClFN. The molecule has 1 nitrogen and oxygen atoms in total. The second kappa shape index (κ2) is 8.63. The lowest BCUT2D eigenvalue weighted by Gasteiger charge is -2.20. The van der Waals surface area contributed by atoms with Gasteiger partial charge in [0.1, 0.15) is 5.82 Å². The van der Waals surface area contributed by atoms with Gasteiger partial charge in [0.2, 0.25) is 0 Å². The summed E-state index contributed by atoms with van der Waals surface area (Å²) >= 11 is 5.86. The van der Waals surface area contributed by atoms with Crippen molar-refractivity contribution < 1.29 is 4.39 Å². The fraction of sp³-hybridized carbons (Fsp3) is 0.647. The number of halogens is 2. The lowest BCUT2D eigenvalue weighted by Crippen LogP contribution is -2.28. The minimum atomic E-state index is -0.339. The van der Waals surface area contributed by atoms with Crippen LogP contribution >= 0.6 is 11.6 Å². The van der Waals surface area contributed by atoms with Gasteiger partial charge < -0.3 is 5.32 Å². The smallest absolute Gasteiger partial charge is 0.141 e. The van der Waals surface area contributed by atoms with Crippen molar-refractivity contribution in [2.45, 2.75) is 40.5 Å². The average molecular weight is 300 g/mol. The highest BCUT2D eigenvalue weighted by Crippen LogP contribution is 2.21. The van der Waals surface area contributed by atoms with Crippen LogP contribution in [0.1, 0.15) is 39.7 Å². The Kier molecular flexibility index (Phi) is 7.53. The van der Waals surface area contributed by atoms with E-state index in [9.17, 15) is 4.39 Å². The quantitative estimate of drug-likeness (QED) is 0.717. The van der Waals surface area contributed by atoms with Gasteiger partial charge in [-0.1, -0.05) is 45.4 Å². The Hall–Kier alpha value is -0.600. The van der Waals surface area contributed by atoms with Gasteiger partial charge in [-0.2, -0.15) is 0 Å². The van der Waals surface area contributed by atoms with Crippen LogP contribution in [0.3, 0.4) is 0 Å². The van der Waals surface area contributed by atoms with Crippen molar-refractivity contribution in [1.29, 1.82) is 0 Å². The SMILES string of the molecule is CC(C)CNCC(Cc1ccc(F)c(Cl)c1)CC(C)C. The molecule has 1 rings (SSSR count). The second-order valence-corrected chi connectivity index (χ2v) is 6.91. The van der Waals surface area contributed by atoms with Crippen LogP contribution in [-0.4, -0.2) is 13.1 Å². The van der Waals surface area contributed by atoms with Gasteiger partial charge in [0.25, 0.3) is 0 Å². The van der Waals surface area contributed by atoms with Crippen LogP contribution < -0.4 is 5.32 Å². The highest BCUT2D eigenvalue weighted by atomic mass is 35.5. The number of nitrogens with one attached hydrogen (secondary N) is 1. The van der Waals surface area contributed by atoms with Gasteiger partial charge in [-0.3, -0.25) is 0 Å². The van der Waals surface area contributed by atoms with Crippen LogP contribution in [0.2, 0.25) is 5.02 Å². The molecule has 0 saturated carbocycles. The summed E-state index contributed by atoms with van der Waals surface area (Å²) in [6, 6.07) is 5.06. The van der Waals surface area contributed by atoms with Crippen LogP contribution in [0.25, 0.3) is 0 Å². The van der Waals surface area contributed by atoms with E-state index in [0.717, 1.165) is 25.1 Å². The first-order valence-corrected chi connectivity index (χ1v) is 7.91. The molecule has 0 fully saturated rings. The van der Waals surface area contributed by atoms with Gasteiger partial charge in [0.05, 0.1) is 5.02 Å². The normalized spacial score (nSPS) is 13.2. The minimum absolute atomic E-state index is 0.223. The molecular weight excluding hydrogens is 273 g/mol. The summed E-state index contributed by atoms with van der Waals surface area (Å²) in [6.45, 7) is 11.0. The fourth-order valence-electron chi connectivity index (χ4n) is 2.48. The van der Waals surface area contributed by atoms with E-state index in [1.807, 2.05) is 6.07 Å². The number of hydrogen-bond donors (Lipinski definition) is 1. The van der Waals surface area contributed by atoms with Crippen LogP contribution in [-0.2, 0) is 6.42 Å². The van der Waals surface area contributed by atoms with Crippen LogP contribution in [0, 0.1) is 23.6 Å². The summed E-state index contributed by atoms with van der Waals surface area (Å²) in [7, 11) is 0. The van der Waals surface area contributed by atoms with E-state index >= 15 is 0 Å². The molecule has 1 aromatic rings. The van der Waals surface area contributed by atoms with Crippen molar-refractivity contribution in [3.05, 3.63) is 34.6 Å². The molecule has 0 aromatic heterocycles. The predicted octanol–water partition coefficient (Wildman–Crippen LogP) is 4.93. The summed E-state index contributed by atoms with van der Waals surface area (Å²) < 4.78 is 13.2. The molecule has 0 aliphatic carbocycles. The van der Waals surface area contributed by atoms with Crippen molar-refractivity contribution in [3.8, 4) is 0 Å². The zero-order chi connectivity index (χ0) is 15.1. The first-order valence-electron chi connectivity index (χ1n) is 7.53. The van der Waals surface area contributed by atoms with E-state index in [4.69, 9.17) is 11.6 Å². The molecule has 0 amide bonds. The largest absolute Gasteiger partial charge is 0.316 e. The lowest BCUT2D eigenvalue weighted by atomic mass is 9.90. The van der Waals surface area contributed by atoms with E-state index in [-0.39, 0.29) is 10.8 Å². The fourth-order valence-corrected chi connectivity index (χ4v) is 2.68. The lowest BCUT2D eigenvalue weighted by molar-refractivity contribution is 0.376. The predicted molar refractivity (Wildman–Crippen MR) is 85.8 cm³/mol. The first kappa shape index (κ1) is 17.5. The Morgan fingerprint density at radius 1 is 1.10 bits per heavy atom. The Morgan fingerprint density at radius 3 is 2.35 bits per heavy atom. The van der Waals surface area contributed by atoms with Crippen LogP contribution in [0.5, 0.6) is 0 Å². The summed E-state index contributed by atoms with van der Waals surface area (Å²) in [5.41, 5.74) is 1.12. The molecule has 0 bridgehead atoms. The molecule has 0 aliphatic rings. The molecule has 3 heteroatoms. The molecule has 20 heavy (non-hydrogen) atoms. The zero-order valence-corrected chi connectivity index (χ0v) is 13.8. The van der Waals surface area contributed by atoms with Crippen molar-refractivity contribution in [2.24, 2.45) is 17.8 Å². The van der Waals surface area contributed by atoms with Crippen molar-refractivity contribution >= 4 is 11.6 Å². The molecule has 1 unspecified atom stereocenters. The number of rotatable bonds is 8. The number of benzene rings is 1. The van der Waals surface area contributed by atoms with Crippen LogP contribution in [0.15, 0.2) is 18.2 Å². The number of hydrogen-bond acceptors (Lipinski definition) is 1. The van der Waals surface area contributed by atoms with Gasteiger partial charge in [-0.15, -0.1) is 0 Å². The molecule has 0 saturated heterocycles. The van der Waals surface area contributed by atoms with Crippen LogP contribution in [0.4, 0.5) is 4.39 Å². The maximum Gasteiger partial charge on any atom is 0.141 e. The third-order valence-electron chi connectivity index (χ3n) is 3.30. The highest BCUT2D eigenvalue weighted by molar-refractivity contribution is 6.30. The van der Waals surface area contributed by atoms with Gasteiger partial charge >= 0.3 is 0 Å². The molecule has 0 heterocycles. The Bertz CT molecular complexity index is 404. The first-order chi connectivity index (χ1) is 9.38. The minimum Gasteiger partial charge on any atom is -0.316 e. The van der Waals surface area contributed by atoms with Gasteiger partial charge in [0.15, 0.2) is 0 Å². The molecule has 0 aliphatic heterocycles. The molecule has 114 valence electrons. The summed E-state index contributed by atoms with van der Waals surface area (Å²) in [4.78, 5) is 0. The third-order valence-corrected chi connectivity index (χ3v) is 3.59. The highest BCUT2D eigenvalue weighted by Gasteiger charge is 2.13. The summed E-state index contributed by atoms with van der Waals surface area (Å²) in [5, 5.41) is 3.75. The second-order valence-electron chi connectivity index (χ2n) is 6.50. The van der Waals surface area contributed by atoms with Gasteiger partial charge in [0, 0.05) is 0 Å². The Morgan fingerprint density at radius 2 is 1.80 bits per heavy atom. The molecule has 0 spiro atoms. The Labute approximate surface area is 127 Å². The van der Waals surface area contributed by atoms with Crippen molar-refractivity contribution in [1.82, 2.24) is 5.32 Å². The molecule has 1 N–H and O–H groups in total. The molecule has 0 radical (unpaired) electrons. The van der Waals surface area contributed by atoms with E-state index in [0.29, 0.717) is 17.8 Å². The van der Waals surface area contributed by atoms with Crippen molar-refractivity contribution in [3.63, 3.8) is 0 Å². The topological polar surface area (TPSA) is 12.0 Å². The standard InChI is InChI=1S/C17H27ClFN/c1-12(2)7-15(11-20-10-13(3)4)8-14-5-6-17(19)16(18)9-14/h5-6,9,12-13,15,20H,7-8,10-11H2,1-4H3. The van der Waals surface area contributed by atoms with E-state index < -0.39 is 0 Å². The van der Waals surface area contributed by atoms with E-state index in [1.165, 1.54) is 12.5 Å². The third kappa shape index (κ3) is 6.71. The van der Waals surface area contributed by atoms with Gasteiger partial charge in [-0.25, -0.2) is 4.39 Å². The Balaban J connectivity index is 2.60. The molecule has 1 aromatic carbocycles. The molecule has 1 atom stereocenters. The maximum atomic E-state index is 13.2. The van der Waals surface area contributed by atoms with Gasteiger partial charge in [-0.05, 0) is 61.4 Å². The maximum absolute atomic E-state index is 13.2. The van der Waals surface area contributed by atoms with E-state index in [2.05, 4.69) is 33.0 Å².